The number of hydrogen-bond acceptors (Lipinski definition) is 3. The second-order valence-electron chi connectivity index (χ2n) is 2.97. The van der Waals surface area contributed by atoms with E-state index in [9.17, 15) is 4.79 Å². The van der Waals surface area contributed by atoms with Gasteiger partial charge in [0.25, 0.3) is 0 Å². The number of carbonyl (C=O) groups is 1. The van der Waals surface area contributed by atoms with Crippen molar-refractivity contribution in [2.45, 2.75) is 37.4 Å². The second-order valence-corrected chi connectivity index (χ2v) is 5.76. The number of hydrogen-bond donors (Lipinski definition) is 1. The first-order valence-corrected chi connectivity index (χ1v) is 6.67. The van der Waals surface area contributed by atoms with Crippen molar-refractivity contribution in [2.75, 3.05) is 5.75 Å². The summed E-state index contributed by atoms with van der Waals surface area (Å²) in [7, 11) is 3.92. The third-order valence-electron chi connectivity index (χ3n) is 1.89. The molecule has 5 heteroatoms. The number of carboxylic acid groups (broad SMARTS) is 1. The van der Waals surface area contributed by atoms with Crippen LogP contribution in [0, 0.1) is 0 Å². The van der Waals surface area contributed by atoms with E-state index in [4.69, 9.17) is 5.11 Å². The van der Waals surface area contributed by atoms with E-state index in [1.165, 1.54) is 18.6 Å². The van der Waals surface area contributed by atoms with Gasteiger partial charge in [0, 0.05) is 17.4 Å². The third kappa shape index (κ3) is 7.14. The molecule has 1 N–H and O–H groups in total. The van der Waals surface area contributed by atoms with Crippen molar-refractivity contribution in [3.8, 4) is 0 Å². The fraction of sp³-hybridized carbons (Fsp3) is 0.875. The van der Waals surface area contributed by atoms with Crippen LogP contribution in [0.25, 0.3) is 0 Å². The van der Waals surface area contributed by atoms with Crippen LogP contribution in [0.5, 0.6) is 0 Å². The molecule has 0 bridgehead atoms. The van der Waals surface area contributed by atoms with Crippen molar-refractivity contribution in [3.63, 3.8) is 0 Å². The predicted octanol–water partition coefficient (Wildman–Crippen LogP) is -0.0984. The Morgan fingerprint density at radius 2 is 2.31 bits per heavy atom. The summed E-state index contributed by atoms with van der Waals surface area (Å²) < 4.78 is 0. The first kappa shape index (κ1) is 14.2. The maximum absolute atomic E-state index is 10.2. The summed E-state index contributed by atoms with van der Waals surface area (Å²) in [6, 6.07) is 0. The molecule has 13 heavy (non-hydrogen) atoms. The van der Waals surface area contributed by atoms with Gasteiger partial charge < -0.3 is 6.53 Å². The topological polar surface area (TPSA) is 37.3 Å². The van der Waals surface area contributed by atoms with Gasteiger partial charge in [-0.05, 0) is 19.3 Å². The van der Waals surface area contributed by atoms with Crippen LogP contribution in [0.2, 0.25) is 0 Å². The average Bonchev–Trinajstić information content (AvgIpc) is 2.49. The van der Waals surface area contributed by atoms with Crippen LogP contribution in [-0.4, -0.2) is 22.1 Å². The largest absolute Gasteiger partial charge is 1.00 e. The monoisotopic (exact) mass is 230 g/mol. The molecule has 0 aromatic rings. The van der Waals surface area contributed by atoms with Crippen LogP contribution < -0.4 is 29.6 Å². The minimum Gasteiger partial charge on any atom is -1.00 e. The van der Waals surface area contributed by atoms with Crippen molar-refractivity contribution >= 4 is 27.6 Å². The SMILES string of the molecule is O=C(O)CCCCC1CCSS1.[H-].[Na+]. The molecule has 1 rings (SSSR count). The molecule has 1 aliphatic heterocycles. The first-order valence-electron chi connectivity index (χ1n) is 4.29. The number of unbranched alkanes of at least 4 members (excludes halogenated alkanes) is 1. The maximum Gasteiger partial charge on any atom is 1.00 e. The van der Waals surface area contributed by atoms with Crippen LogP contribution in [0.4, 0.5) is 0 Å². The fourth-order valence-electron chi connectivity index (χ4n) is 1.21. The molecule has 1 aliphatic rings. The van der Waals surface area contributed by atoms with Gasteiger partial charge in [0.2, 0.25) is 0 Å². The van der Waals surface area contributed by atoms with E-state index in [0.717, 1.165) is 18.1 Å². The Morgan fingerprint density at radius 1 is 1.54 bits per heavy atom. The molecular formula is C8H15NaO2S2. The van der Waals surface area contributed by atoms with Gasteiger partial charge in [0.15, 0.2) is 0 Å². The maximum atomic E-state index is 10.2. The molecule has 0 aliphatic carbocycles. The average molecular weight is 230 g/mol. The van der Waals surface area contributed by atoms with Crippen LogP contribution in [0.3, 0.4) is 0 Å². The molecule has 72 valence electrons. The Bertz CT molecular complexity index is 154. The molecule has 1 saturated heterocycles. The second kappa shape index (κ2) is 8.48. The van der Waals surface area contributed by atoms with E-state index in [-0.39, 0.29) is 31.0 Å². The molecular weight excluding hydrogens is 215 g/mol. The number of rotatable bonds is 5. The Hall–Kier alpha value is 1.17. The summed E-state index contributed by atoms with van der Waals surface area (Å²) in [5.41, 5.74) is 0. The van der Waals surface area contributed by atoms with E-state index in [0.29, 0.717) is 6.42 Å². The minimum atomic E-state index is -0.663. The molecule has 0 amide bonds. The Morgan fingerprint density at radius 3 is 2.85 bits per heavy atom. The van der Waals surface area contributed by atoms with Crippen LogP contribution in [0.15, 0.2) is 0 Å². The zero-order valence-electron chi connectivity index (χ0n) is 8.99. The van der Waals surface area contributed by atoms with Crippen molar-refractivity contribution in [1.29, 1.82) is 0 Å². The van der Waals surface area contributed by atoms with Gasteiger partial charge in [0.05, 0.1) is 0 Å². The van der Waals surface area contributed by atoms with E-state index in [1.54, 1.807) is 0 Å². The van der Waals surface area contributed by atoms with E-state index in [1.807, 2.05) is 21.6 Å². The minimum absolute atomic E-state index is 0. The molecule has 2 nitrogen and oxygen atoms in total. The third-order valence-corrected chi connectivity index (χ3v) is 4.90. The number of carboxylic acids is 1. The molecule has 0 spiro atoms. The van der Waals surface area contributed by atoms with E-state index >= 15 is 0 Å². The van der Waals surface area contributed by atoms with Gasteiger partial charge in [-0.2, -0.15) is 0 Å². The van der Waals surface area contributed by atoms with Gasteiger partial charge in [-0.1, -0.05) is 28.0 Å². The molecule has 1 unspecified atom stereocenters. The zero-order valence-corrected chi connectivity index (χ0v) is 11.6. The summed E-state index contributed by atoms with van der Waals surface area (Å²) in [5.74, 6) is 0.609. The van der Waals surface area contributed by atoms with Crippen molar-refractivity contribution in [2.24, 2.45) is 0 Å². The van der Waals surface area contributed by atoms with Crippen molar-refractivity contribution in [3.05, 3.63) is 0 Å². The summed E-state index contributed by atoms with van der Waals surface area (Å²) in [4.78, 5) is 10.2. The van der Waals surface area contributed by atoms with Gasteiger partial charge in [-0.3, -0.25) is 4.79 Å². The Labute approximate surface area is 111 Å². The summed E-state index contributed by atoms with van der Waals surface area (Å²) in [6.07, 6.45) is 4.76. The molecule has 1 atom stereocenters. The van der Waals surface area contributed by atoms with E-state index in [2.05, 4.69) is 0 Å². The molecule has 0 saturated carbocycles. The Balaban J connectivity index is 0. The van der Waals surface area contributed by atoms with Gasteiger partial charge in [-0.15, -0.1) is 0 Å². The number of aliphatic carboxylic acids is 1. The molecule has 0 aromatic carbocycles. The summed E-state index contributed by atoms with van der Waals surface area (Å²) in [5, 5.41) is 9.19. The first-order chi connectivity index (χ1) is 5.79. The molecule has 1 fully saturated rings. The standard InChI is InChI=1S/C8H14O2S2.Na.H/c9-8(10)4-2-1-3-7-5-6-11-12-7;;/h7H,1-6H2,(H,9,10);;/q;+1;-1. The van der Waals surface area contributed by atoms with Gasteiger partial charge in [-0.25, -0.2) is 0 Å². The normalized spacial score (nSPS) is 21.1. The van der Waals surface area contributed by atoms with Crippen molar-refractivity contribution < 1.29 is 40.9 Å². The van der Waals surface area contributed by atoms with Crippen LogP contribution in [-0.2, 0) is 4.79 Å². The summed E-state index contributed by atoms with van der Waals surface area (Å²) >= 11 is 0. The van der Waals surface area contributed by atoms with E-state index < -0.39 is 5.97 Å². The molecule has 1 heterocycles. The zero-order chi connectivity index (χ0) is 8.81. The van der Waals surface area contributed by atoms with Gasteiger partial charge in [0.1, 0.15) is 0 Å². The van der Waals surface area contributed by atoms with Crippen LogP contribution >= 0.6 is 21.6 Å². The van der Waals surface area contributed by atoms with Crippen molar-refractivity contribution in [1.82, 2.24) is 0 Å². The Kier molecular flexibility index (Phi) is 9.24. The molecule has 0 radical (unpaired) electrons. The van der Waals surface area contributed by atoms with Crippen LogP contribution in [0.1, 0.15) is 33.5 Å². The quantitative estimate of drug-likeness (QED) is 0.407. The van der Waals surface area contributed by atoms with Gasteiger partial charge >= 0.3 is 35.5 Å². The predicted molar refractivity (Wildman–Crippen MR) is 55.7 cm³/mol. The smallest absolute Gasteiger partial charge is 1.00 e. The molecule has 0 aromatic heterocycles. The fourth-order valence-corrected chi connectivity index (χ4v) is 4.24. The summed E-state index contributed by atoms with van der Waals surface area (Å²) in [6.45, 7) is 0.